The van der Waals surface area contributed by atoms with E-state index in [-0.39, 0.29) is 17.2 Å². The molecule has 0 bridgehead atoms. The molecule has 1 spiro atoms. The zero-order valence-corrected chi connectivity index (χ0v) is 13.0. The highest BCUT2D eigenvalue weighted by Gasteiger charge is 2.49. The summed E-state index contributed by atoms with van der Waals surface area (Å²) in [5.74, 6) is 0.182. The molecule has 6 nitrogen and oxygen atoms in total. The van der Waals surface area contributed by atoms with Crippen LogP contribution in [-0.4, -0.2) is 66.5 Å². The number of aromatic amines is 1. The fourth-order valence-corrected chi connectivity index (χ4v) is 3.63. The molecule has 3 rings (SSSR count). The van der Waals surface area contributed by atoms with Gasteiger partial charge in [-0.2, -0.15) is 0 Å². The molecule has 2 aliphatic heterocycles. The van der Waals surface area contributed by atoms with E-state index in [1.54, 1.807) is 19.4 Å². The van der Waals surface area contributed by atoms with Crippen molar-refractivity contribution in [2.45, 2.75) is 19.3 Å². The van der Waals surface area contributed by atoms with Gasteiger partial charge in [0.05, 0.1) is 12.0 Å². The molecule has 120 valence electrons. The highest BCUT2D eigenvalue weighted by Crippen LogP contribution is 2.40. The van der Waals surface area contributed by atoms with Gasteiger partial charge >= 0.3 is 0 Å². The summed E-state index contributed by atoms with van der Waals surface area (Å²) < 4.78 is 5.09. The molecule has 0 unspecified atom stereocenters. The zero-order valence-electron chi connectivity index (χ0n) is 13.0. The van der Waals surface area contributed by atoms with E-state index in [1.807, 2.05) is 15.9 Å². The normalized spacial score (nSPS) is 25.2. The van der Waals surface area contributed by atoms with Gasteiger partial charge in [0.2, 0.25) is 5.91 Å². The lowest BCUT2D eigenvalue weighted by atomic mass is 9.78. The van der Waals surface area contributed by atoms with Crippen LogP contribution in [0.2, 0.25) is 0 Å². The van der Waals surface area contributed by atoms with Crippen LogP contribution < -0.4 is 0 Å². The van der Waals surface area contributed by atoms with Crippen LogP contribution in [0, 0.1) is 5.41 Å². The second-order valence-corrected chi connectivity index (χ2v) is 6.23. The number of piperidine rings is 1. The Morgan fingerprint density at radius 2 is 2.27 bits per heavy atom. The lowest BCUT2D eigenvalue weighted by Gasteiger charge is -2.39. The van der Waals surface area contributed by atoms with Crippen molar-refractivity contribution < 1.29 is 14.3 Å². The molecule has 0 saturated carbocycles. The number of rotatable bonds is 4. The molecule has 2 saturated heterocycles. The summed E-state index contributed by atoms with van der Waals surface area (Å²) in [5, 5.41) is 0. The Bertz CT molecular complexity index is 543. The van der Waals surface area contributed by atoms with Crippen LogP contribution in [0.3, 0.4) is 0 Å². The number of H-pyrrole nitrogens is 1. The zero-order chi connectivity index (χ0) is 15.6. The third-order valence-electron chi connectivity index (χ3n) is 4.86. The summed E-state index contributed by atoms with van der Waals surface area (Å²) in [6, 6.07) is 3.60. The van der Waals surface area contributed by atoms with Crippen molar-refractivity contribution in [2.75, 3.05) is 39.9 Å². The molecule has 0 aromatic carbocycles. The van der Waals surface area contributed by atoms with E-state index < -0.39 is 0 Å². The third-order valence-corrected chi connectivity index (χ3v) is 4.86. The van der Waals surface area contributed by atoms with Crippen molar-refractivity contribution >= 4 is 11.8 Å². The second-order valence-electron chi connectivity index (χ2n) is 6.23. The molecular weight excluding hydrogens is 282 g/mol. The number of methoxy groups -OCH3 is 1. The number of nitrogens with one attached hydrogen (secondary N) is 1. The average molecular weight is 305 g/mol. The molecule has 1 atom stereocenters. The molecule has 1 aromatic rings. The van der Waals surface area contributed by atoms with Gasteiger partial charge in [-0.25, -0.2) is 0 Å². The lowest BCUT2D eigenvalue weighted by molar-refractivity contribution is -0.146. The minimum Gasteiger partial charge on any atom is -0.383 e. The van der Waals surface area contributed by atoms with Crippen LogP contribution in [0.5, 0.6) is 0 Å². The van der Waals surface area contributed by atoms with Gasteiger partial charge in [0, 0.05) is 39.5 Å². The number of hydrogen-bond donors (Lipinski definition) is 1. The van der Waals surface area contributed by atoms with Gasteiger partial charge in [-0.3, -0.25) is 9.59 Å². The lowest BCUT2D eigenvalue weighted by Crippen LogP contribution is -2.51. The van der Waals surface area contributed by atoms with Gasteiger partial charge in [0.25, 0.3) is 5.91 Å². The predicted octanol–water partition coefficient (Wildman–Crippen LogP) is 1.12. The van der Waals surface area contributed by atoms with Gasteiger partial charge < -0.3 is 19.5 Å². The van der Waals surface area contributed by atoms with E-state index in [0.717, 1.165) is 25.8 Å². The third kappa shape index (κ3) is 2.63. The standard InChI is InChI=1S/C16H23N3O3/c1-22-11-10-18-8-3-5-16(15(18)21)6-9-19(12-16)14(20)13-4-2-7-17-13/h2,4,7,17H,3,5-6,8-12H2,1H3/t16-/m1/s1. The Kier molecular flexibility index (Phi) is 4.20. The molecule has 2 fully saturated rings. The first kappa shape index (κ1) is 15.1. The summed E-state index contributed by atoms with van der Waals surface area (Å²) in [6.07, 6.45) is 4.39. The van der Waals surface area contributed by atoms with E-state index in [4.69, 9.17) is 4.74 Å². The minimum absolute atomic E-state index is 0.0105. The van der Waals surface area contributed by atoms with Gasteiger partial charge in [-0.15, -0.1) is 0 Å². The number of aromatic nitrogens is 1. The van der Waals surface area contributed by atoms with Gasteiger partial charge in [0.1, 0.15) is 5.69 Å². The molecule has 0 radical (unpaired) electrons. The molecule has 3 heterocycles. The fraction of sp³-hybridized carbons (Fsp3) is 0.625. The highest BCUT2D eigenvalue weighted by atomic mass is 16.5. The SMILES string of the molecule is COCCN1CCC[C@]2(CCN(C(=O)c3ccc[nH]3)C2)C1=O. The fourth-order valence-electron chi connectivity index (χ4n) is 3.63. The molecule has 1 N–H and O–H groups in total. The van der Waals surface area contributed by atoms with E-state index in [1.165, 1.54) is 0 Å². The Labute approximate surface area is 130 Å². The quantitative estimate of drug-likeness (QED) is 0.906. The largest absolute Gasteiger partial charge is 0.383 e. The van der Waals surface area contributed by atoms with Crippen LogP contribution in [0.15, 0.2) is 18.3 Å². The van der Waals surface area contributed by atoms with Crippen molar-refractivity contribution in [3.05, 3.63) is 24.0 Å². The first-order chi connectivity index (χ1) is 10.7. The van der Waals surface area contributed by atoms with E-state index in [0.29, 0.717) is 31.9 Å². The van der Waals surface area contributed by atoms with Crippen molar-refractivity contribution in [3.8, 4) is 0 Å². The number of nitrogens with zero attached hydrogens (tertiary/aromatic N) is 2. The Balaban J connectivity index is 1.69. The molecule has 2 amide bonds. The first-order valence-electron chi connectivity index (χ1n) is 7.87. The number of ether oxygens (including phenoxy) is 1. The summed E-state index contributed by atoms with van der Waals surface area (Å²) >= 11 is 0. The molecule has 0 aliphatic carbocycles. The van der Waals surface area contributed by atoms with Gasteiger partial charge in [-0.1, -0.05) is 0 Å². The Morgan fingerprint density at radius 3 is 3.00 bits per heavy atom. The molecular formula is C16H23N3O3. The van der Waals surface area contributed by atoms with Crippen LogP contribution in [0.25, 0.3) is 0 Å². The molecule has 22 heavy (non-hydrogen) atoms. The molecule has 6 heteroatoms. The van der Waals surface area contributed by atoms with E-state index in [9.17, 15) is 9.59 Å². The van der Waals surface area contributed by atoms with Crippen molar-refractivity contribution in [3.63, 3.8) is 0 Å². The highest BCUT2D eigenvalue weighted by molar-refractivity contribution is 5.94. The first-order valence-corrected chi connectivity index (χ1v) is 7.87. The number of likely N-dealkylation sites (tertiary alicyclic amines) is 2. The van der Waals surface area contributed by atoms with Crippen molar-refractivity contribution in [1.82, 2.24) is 14.8 Å². The van der Waals surface area contributed by atoms with Crippen molar-refractivity contribution in [1.29, 1.82) is 0 Å². The van der Waals surface area contributed by atoms with Crippen LogP contribution in [0.1, 0.15) is 29.8 Å². The predicted molar refractivity (Wildman–Crippen MR) is 81.4 cm³/mol. The number of carbonyl (C=O) groups is 2. The topological polar surface area (TPSA) is 65.6 Å². The van der Waals surface area contributed by atoms with Crippen LogP contribution >= 0.6 is 0 Å². The van der Waals surface area contributed by atoms with E-state index >= 15 is 0 Å². The number of amides is 2. The maximum absolute atomic E-state index is 12.8. The summed E-state index contributed by atoms with van der Waals surface area (Å²) in [7, 11) is 1.65. The summed E-state index contributed by atoms with van der Waals surface area (Å²) in [4.78, 5) is 31.9. The average Bonchev–Trinajstić information content (AvgIpc) is 3.19. The Hall–Kier alpha value is -1.82. The van der Waals surface area contributed by atoms with Crippen molar-refractivity contribution in [2.24, 2.45) is 5.41 Å². The Morgan fingerprint density at radius 1 is 1.41 bits per heavy atom. The van der Waals surface area contributed by atoms with Crippen LogP contribution in [0.4, 0.5) is 0 Å². The number of hydrogen-bond acceptors (Lipinski definition) is 3. The summed E-state index contributed by atoms with van der Waals surface area (Å²) in [5.41, 5.74) is 0.213. The molecule has 2 aliphatic rings. The maximum atomic E-state index is 12.8. The number of carbonyl (C=O) groups excluding carboxylic acids is 2. The smallest absolute Gasteiger partial charge is 0.270 e. The minimum atomic E-state index is -0.381. The van der Waals surface area contributed by atoms with E-state index in [2.05, 4.69) is 4.98 Å². The van der Waals surface area contributed by atoms with Crippen LogP contribution in [-0.2, 0) is 9.53 Å². The maximum Gasteiger partial charge on any atom is 0.270 e. The van der Waals surface area contributed by atoms with Gasteiger partial charge in [0.15, 0.2) is 0 Å². The van der Waals surface area contributed by atoms with Gasteiger partial charge in [-0.05, 0) is 31.4 Å². The molecule has 1 aromatic heterocycles. The monoisotopic (exact) mass is 305 g/mol. The second kappa shape index (κ2) is 6.12. The summed E-state index contributed by atoms with van der Waals surface area (Å²) in [6.45, 7) is 3.19.